The molecular formula is C20H18N2O2. The summed E-state index contributed by atoms with van der Waals surface area (Å²) in [6.45, 7) is 0.351. The van der Waals surface area contributed by atoms with Crippen LogP contribution in [0.4, 0.5) is 0 Å². The lowest BCUT2D eigenvalue weighted by Gasteiger charge is -2.05. The van der Waals surface area contributed by atoms with Crippen LogP contribution in [0.25, 0.3) is 6.08 Å². The van der Waals surface area contributed by atoms with Gasteiger partial charge in [0.2, 0.25) is 0 Å². The number of hydrogen-bond donors (Lipinski definition) is 1. The Labute approximate surface area is 141 Å². The van der Waals surface area contributed by atoms with E-state index in [4.69, 9.17) is 10.00 Å². The van der Waals surface area contributed by atoms with Gasteiger partial charge in [0, 0.05) is 6.54 Å². The van der Waals surface area contributed by atoms with E-state index in [1.807, 2.05) is 66.7 Å². The van der Waals surface area contributed by atoms with E-state index in [0.29, 0.717) is 6.54 Å². The van der Waals surface area contributed by atoms with Crippen LogP contribution in [0, 0.1) is 11.3 Å². The summed E-state index contributed by atoms with van der Waals surface area (Å²) in [5, 5.41) is 11.9. The highest BCUT2D eigenvalue weighted by atomic mass is 16.5. The average molecular weight is 318 g/mol. The molecule has 0 heterocycles. The van der Waals surface area contributed by atoms with Gasteiger partial charge >= 0.3 is 0 Å². The van der Waals surface area contributed by atoms with E-state index in [2.05, 4.69) is 5.32 Å². The maximum Gasteiger partial charge on any atom is 0.262 e. The Morgan fingerprint density at radius 1 is 1.17 bits per heavy atom. The number of carbonyl (C=O) groups is 1. The quantitative estimate of drug-likeness (QED) is 0.504. The highest BCUT2D eigenvalue weighted by molar-refractivity contribution is 5.97. The molecule has 4 heteroatoms. The number of methoxy groups -OCH3 is 1. The maximum absolute atomic E-state index is 12.1. The van der Waals surface area contributed by atoms with Crippen LogP contribution in [-0.2, 0) is 11.3 Å². The van der Waals surface area contributed by atoms with E-state index < -0.39 is 5.91 Å². The normalized spacial score (nSPS) is 11.1. The summed E-state index contributed by atoms with van der Waals surface area (Å²) >= 11 is 0. The van der Waals surface area contributed by atoms with Crippen LogP contribution in [0.3, 0.4) is 0 Å². The van der Waals surface area contributed by atoms with Crippen LogP contribution in [0.5, 0.6) is 5.75 Å². The number of nitriles is 1. The number of rotatable bonds is 6. The van der Waals surface area contributed by atoms with Gasteiger partial charge in [0.15, 0.2) is 0 Å². The summed E-state index contributed by atoms with van der Waals surface area (Å²) in [6.07, 6.45) is 5.05. The number of nitrogens with one attached hydrogen (secondary N) is 1. The topological polar surface area (TPSA) is 62.1 Å². The van der Waals surface area contributed by atoms with Gasteiger partial charge in [-0.15, -0.1) is 0 Å². The Hall–Kier alpha value is -3.32. The van der Waals surface area contributed by atoms with Crippen molar-refractivity contribution in [3.8, 4) is 11.8 Å². The first-order chi connectivity index (χ1) is 11.7. The van der Waals surface area contributed by atoms with Gasteiger partial charge in [0.05, 0.1) is 7.11 Å². The lowest BCUT2D eigenvalue weighted by atomic mass is 10.2. The van der Waals surface area contributed by atoms with Crippen molar-refractivity contribution in [3.05, 3.63) is 83.4 Å². The first-order valence-corrected chi connectivity index (χ1v) is 7.47. The number of ether oxygens (including phenoxy) is 1. The van der Waals surface area contributed by atoms with Crippen molar-refractivity contribution in [3.63, 3.8) is 0 Å². The number of nitrogens with zero attached hydrogens (tertiary/aromatic N) is 1. The van der Waals surface area contributed by atoms with E-state index >= 15 is 0 Å². The van der Waals surface area contributed by atoms with Gasteiger partial charge in [0.25, 0.3) is 5.91 Å². The second-order valence-electron chi connectivity index (χ2n) is 4.99. The van der Waals surface area contributed by atoms with E-state index in [9.17, 15) is 4.79 Å². The van der Waals surface area contributed by atoms with Crippen LogP contribution in [0.2, 0.25) is 0 Å². The van der Waals surface area contributed by atoms with Gasteiger partial charge in [-0.05, 0) is 29.3 Å². The summed E-state index contributed by atoms with van der Waals surface area (Å²) in [7, 11) is 1.60. The van der Waals surface area contributed by atoms with Crippen molar-refractivity contribution in [1.82, 2.24) is 5.32 Å². The number of carbonyl (C=O) groups excluding carboxylic acids is 1. The zero-order valence-electron chi connectivity index (χ0n) is 13.4. The molecule has 0 fully saturated rings. The highest BCUT2D eigenvalue weighted by Gasteiger charge is 2.07. The summed E-state index contributed by atoms with van der Waals surface area (Å²) in [5.41, 5.74) is 2.00. The minimum Gasteiger partial charge on any atom is -0.497 e. The molecule has 0 radical (unpaired) electrons. The number of benzene rings is 2. The van der Waals surface area contributed by atoms with Crippen LogP contribution in [0.1, 0.15) is 11.1 Å². The molecule has 0 atom stereocenters. The molecule has 0 aliphatic carbocycles. The molecule has 2 rings (SSSR count). The van der Waals surface area contributed by atoms with Gasteiger partial charge in [-0.1, -0.05) is 54.6 Å². The summed E-state index contributed by atoms with van der Waals surface area (Å²) in [5.74, 6) is 0.361. The Morgan fingerprint density at radius 2 is 1.88 bits per heavy atom. The van der Waals surface area contributed by atoms with Gasteiger partial charge in [-0.25, -0.2) is 0 Å². The minimum absolute atomic E-state index is 0.0655. The molecular weight excluding hydrogens is 300 g/mol. The largest absolute Gasteiger partial charge is 0.497 e. The first kappa shape index (κ1) is 17.0. The fraction of sp³-hybridized carbons (Fsp3) is 0.100. The third-order valence-electron chi connectivity index (χ3n) is 3.33. The molecule has 0 bridgehead atoms. The van der Waals surface area contributed by atoms with E-state index in [1.165, 1.54) is 6.08 Å². The van der Waals surface area contributed by atoms with E-state index in [1.54, 1.807) is 13.2 Å². The molecule has 0 saturated carbocycles. The summed E-state index contributed by atoms with van der Waals surface area (Å²) in [4.78, 5) is 12.1. The molecule has 1 amide bonds. The first-order valence-electron chi connectivity index (χ1n) is 7.47. The lowest BCUT2D eigenvalue weighted by molar-refractivity contribution is -0.117. The summed E-state index contributed by atoms with van der Waals surface area (Å²) in [6, 6.07) is 19.0. The molecule has 2 aromatic rings. The Bertz CT molecular complexity index is 770. The van der Waals surface area contributed by atoms with Crippen molar-refractivity contribution < 1.29 is 9.53 Å². The van der Waals surface area contributed by atoms with E-state index in [-0.39, 0.29) is 5.57 Å². The molecule has 24 heavy (non-hydrogen) atoms. The zero-order chi connectivity index (χ0) is 17.2. The van der Waals surface area contributed by atoms with Crippen molar-refractivity contribution in [1.29, 1.82) is 5.26 Å². The Morgan fingerprint density at radius 3 is 2.50 bits per heavy atom. The van der Waals surface area contributed by atoms with Crippen LogP contribution < -0.4 is 10.1 Å². The molecule has 4 nitrogen and oxygen atoms in total. The van der Waals surface area contributed by atoms with Gasteiger partial charge in [0.1, 0.15) is 17.4 Å². The second kappa shape index (κ2) is 8.96. The second-order valence-corrected chi connectivity index (χ2v) is 4.99. The molecule has 120 valence electrons. The third-order valence-corrected chi connectivity index (χ3v) is 3.33. The van der Waals surface area contributed by atoms with Crippen LogP contribution >= 0.6 is 0 Å². The van der Waals surface area contributed by atoms with Gasteiger partial charge < -0.3 is 10.1 Å². The molecule has 0 aliphatic heterocycles. The van der Waals surface area contributed by atoms with Gasteiger partial charge in [-0.3, -0.25) is 4.79 Å². The third kappa shape index (κ3) is 5.15. The molecule has 0 spiro atoms. The van der Waals surface area contributed by atoms with E-state index in [0.717, 1.165) is 16.9 Å². The van der Waals surface area contributed by atoms with Crippen molar-refractivity contribution >= 4 is 12.0 Å². The smallest absolute Gasteiger partial charge is 0.262 e. The van der Waals surface area contributed by atoms with Crippen molar-refractivity contribution in [2.45, 2.75) is 6.54 Å². The highest BCUT2D eigenvalue weighted by Crippen LogP contribution is 2.11. The lowest BCUT2D eigenvalue weighted by Crippen LogP contribution is -2.23. The van der Waals surface area contributed by atoms with Crippen LogP contribution in [0.15, 0.2) is 72.3 Å². The minimum atomic E-state index is -0.397. The standard InChI is InChI=1S/C20H18N2O2/c1-24-19-12-10-17(11-13-19)15-22-20(23)18(14-21)9-5-8-16-6-3-2-4-7-16/h2-13H,15H2,1H3,(H,22,23)/b8-5+,18-9+. The predicted octanol–water partition coefficient (Wildman–Crippen LogP) is 3.47. The SMILES string of the molecule is COc1ccc(CNC(=O)/C(C#N)=C/C=C/c2ccccc2)cc1. The van der Waals surface area contributed by atoms with Crippen molar-refractivity contribution in [2.24, 2.45) is 0 Å². The molecule has 1 N–H and O–H groups in total. The fourth-order valence-electron chi connectivity index (χ4n) is 2.00. The predicted molar refractivity (Wildman–Crippen MR) is 94.0 cm³/mol. The molecule has 0 saturated heterocycles. The number of hydrogen-bond acceptors (Lipinski definition) is 3. The summed E-state index contributed by atoms with van der Waals surface area (Å²) < 4.78 is 5.08. The monoisotopic (exact) mass is 318 g/mol. The fourth-order valence-corrected chi connectivity index (χ4v) is 2.00. The Balaban J connectivity index is 1.94. The molecule has 0 unspecified atom stereocenters. The average Bonchev–Trinajstić information content (AvgIpc) is 2.64. The molecule has 0 aliphatic rings. The number of amides is 1. The Kier molecular flexibility index (Phi) is 6.36. The van der Waals surface area contributed by atoms with Crippen LogP contribution in [-0.4, -0.2) is 13.0 Å². The maximum atomic E-state index is 12.1. The number of allylic oxidation sites excluding steroid dienone is 2. The van der Waals surface area contributed by atoms with Crippen molar-refractivity contribution in [2.75, 3.05) is 7.11 Å². The zero-order valence-corrected chi connectivity index (χ0v) is 13.4. The molecule has 2 aromatic carbocycles. The van der Waals surface area contributed by atoms with Gasteiger partial charge in [-0.2, -0.15) is 5.26 Å². The molecule has 0 aromatic heterocycles.